The Morgan fingerprint density at radius 1 is 0.704 bits per heavy atom. The van der Waals surface area contributed by atoms with Gasteiger partial charge >= 0.3 is 0 Å². The molecule has 27 heavy (non-hydrogen) atoms. The van der Waals surface area contributed by atoms with Gasteiger partial charge in [0, 0.05) is 16.9 Å². The van der Waals surface area contributed by atoms with Crippen LogP contribution in [0.5, 0.6) is 5.75 Å². The van der Waals surface area contributed by atoms with Gasteiger partial charge in [0.15, 0.2) is 0 Å². The molecule has 0 bridgehead atoms. The van der Waals surface area contributed by atoms with E-state index in [2.05, 4.69) is 10.6 Å². The van der Waals surface area contributed by atoms with Crippen LogP contribution in [0.4, 0.5) is 11.4 Å². The topological polar surface area (TPSA) is 67.4 Å². The zero-order chi connectivity index (χ0) is 18.9. The summed E-state index contributed by atoms with van der Waals surface area (Å²) in [6.07, 6.45) is 0.241. The Morgan fingerprint density at radius 2 is 1.30 bits per heavy atom. The van der Waals surface area contributed by atoms with Crippen molar-refractivity contribution in [1.82, 2.24) is 0 Å². The molecule has 0 unspecified atom stereocenters. The van der Waals surface area contributed by atoms with E-state index < -0.39 is 0 Å². The summed E-state index contributed by atoms with van der Waals surface area (Å²) in [5, 5.41) is 5.61. The van der Waals surface area contributed by atoms with Crippen LogP contribution in [0, 0.1) is 0 Å². The fourth-order valence-corrected chi connectivity index (χ4v) is 2.43. The smallest absolute Gasteiger partial charge is 0.255 e. The van der Waals surface area contributed by atoms with Crippen LogP contribution in [0.25, 0.3) is 0 Å². The average molecular weight is 360 g/mol. The van der Waals surface area contributed by atoms with Crippen LogP contribution < -0.4 is 15.4 Å². The van der Waals surface area contributed by atoms with Crippen molar-refractivity contribution >= 4 is 23.2 Å². The molecule has 2 N–H and O–H groups in total. The molecule has 3 aromatic carbocycles. The monoisotopic (exact) mass is 360 g/mol. The summed E-state index contributed by atoms with van der Waals surface area (Å²) in [4.78, 5) is 24.2. The molecule has 0 radical (unpaired) electrons. The Morgan fingerprint density at radius 3 is 1.96 bits per heavy atom. The van der Waals surface area contributed by atoms with E-state index in [0.29, 0.717) is 17.9 Å². The fourth-order valence-electron chi connectivity index (χ4n) is 2.43. The Kier molecular flexibility index (Phi) is 6.20. The maximum absolute atomic E-state index is 12.2. The first-order chi connectivity index (χ1) is 13.2. The van der Waals surface area contributed by atoms with Gasteiger partial charge in [-0.1, -0.05) is 36.4 Å². The standard InChI is InChI=1S/C22H20N2O3/c25-21(15-16-27-20-9-5-2-6-10-20)23-19-13-11-17(12-14-19)22(26)24-18-7-3-1-4-8-18/h1-14H,15-16H2,(H,23,25)(H,24,26). The largest absolute Gasteiger partial charge is 0.493 e. The fraction of sp³-hybridized carbons (Fsp3) is 0.0909. The first kappa shape index (κ1) is 18.2. The SMILES string of the molecule is O=C(CCOc1ccccc1)Nc1ccc(C(=O)Nc2ccccc2)cc1. The molecule has 3 rings (SSSR count). The highest BCUT2D eigenvalue weighted by atomic mass is 16.5. The third kappa shape index (κ3) is 5.71. The molecule has 136 valence electrons. The first-order valence-corrected chi connectivity index (χ1v) is 8.65. The number of benzene rings is 3. The summed E-state index contributed by atoms with van der Waals surface area (Å²) < 4.78 is 5.51. The van der Waals surface area contributed by atoms with Crippen molar-refractivity contribution in [2.24, 2.45) is 0 Å². The molecule has 0 saturated heterocycles. The molecule has 0 heterocycles. The number of amides is 2. The van der Waals surface area contributed by atoms with Crippen LogP contribution in [0.1, 0.15) is 16.8 Å². The van der Waals surface area contributed by atoms with Crippen LogP contribution in [0.3, 0.4) is 0 Å². The Hall–Kier alpha value is -3.60. The van der Waals surface area contributed by atoms with E-state index in [-0.39, 0.29) is 18.2 Å². The maximum atomic E-state index is 12.2. The Labute approximate surface area is 158 Å². The van der Waals surface area contributed by atoms with Crippen molar-refractivity contribution < 1.29 is 14.3 Å². The van der Waals surface area contributed by atoms with Gasteiger partial charge in [-0.2, -0.15) is 0 Å². The van der Waals surface area contributed by atoms with Gasteiger partial charge < -0.3 is 15.4 Å². The number of rotatable bonds is 7. The molecule has 5 heteroatoms. The normalized spacial score (nSPS) is 10.1. The van der Waals surface area contributed by atoms with E-state index >= 15 is 0 Å². The van der Waals surface area contributed by atoms with Gasteiger partial charge in [-0.25, -0.2) is 0 Å². The molecular weight excluding hydrogens is 340 g/mol. The summed E-state index contributed by atoms with van der Waals surface area (Å²) in [5.74, 6) is 0.391. The second-order valence-electron chi connectivity index (χ2n) is 5.86. The molecule has 0 fully saturated rings. The highest BCUT2D eigenvalue weighted by molar-refractivity contribution is 6.04. The molecule has 0 aliphatic rings. The summed E-state index contributed by atoms with van der Waals surface area (Å²) >= 11 is 0. The molecule has 3 aromatic rings. The van der Waals surface area contributed by atoms with Crippen molar-refractivity contribution in [3.63, 3.8) is 0 Å². The van der Waals surface area contributed by atoms with Crippen LogP contribution in [0.2, 0.25) is 0 Å². The predicted molar refractivity (Wildman–Crippen MR) is 106 cm³/mol. The van der Waals surface area contributed by atoms with Gasteiger partial charge in [-0.05, 0) is 48.5 Å². The second kappa shape index (κ2) is 9.20. The number of hydrogen-bond acceptors (Lipinski definition) is 3. The summed E-state index contributed by atoms with van der Waals surface area (Å²) in [7, 11) is 0. The van der Waals surface area contributed by atoms with Gasteiger partial charge in [-0.15, -0.1) is 0 Å². The Balaban J connectivity index is 1.47. The highest BCUT2D eigenvalue weighted by Gasteiger charge is 2.07. The summed E-state index contributed by atoms with van der Waals surface area (Å²) in [6.45, 7) is 0.299. The van der Waals surface area contributed by atoms with Crippen molar-refractivity contribution in [2.45, 2.75) is 6.42 Å². The van der Waals surface area contributed by atoms with Gasteiger partial charge in [0.2, 0.25) is 5.91 Å². The number of ether oxygens (including phenoxy) is 1. The minimum absolute atomic E-state index is 0.146. The van der Waals surface area contributed by atoms with Crippen molar-refractivity contribution in [2.75, 3.05) is 17.2 Å². The van der Waals surface area contributed by atoms with E-state index in [1.165, 1.54) is 0 Å². The number of hydrogen-bond donors (Lipinski definition) is 2. The molecule has 0 saturated carbocycles. The summed E-state index contributed by atoms with van der Waals surface area (Å²) in [6, 6.07) is 25.4. The minimum atomic E-state index is -0.199. The van der Waals surface area contributed by atoms with Gasteiger partial charge in [0.05, 0.1) is 13.0 Å². The van der Waals surface area contributed by atoms with Gasteiger partial charge in [-0.3, -0.25) is 9.59 Å². The minimum Gasteiger partial charge on any atom is -0.493 e. The van der Waals surface area contributed by atoms with Gasteiger partial charge in [0.1, 0.15) is 5.75 Å². The molecular formula is C22H20N2O3. The quantitative estimate of drug-likeness (QED) is 0.658. The lowest BCUT2D eigenvalue weighted by molar-refractivity contribution is -0.116. The lowest BCUT2D eigenvalue weighted by Gasteiger charge is -2.08. The number of para-hydroxylation sites is 2. The number of anilines is 2. The number of nitrogens with one attached hydrogen (secondary N) is 2. The molecule has 0 aliphatic heterocycles. The number of carbonyl (C=O) groups is 2. The van der Waals surface area contributed by atoms with Crippen molar-refractivity contribution in [3.05, 3.63) is 90.5 Å². The van der Waals surface area contributed by atoms with Crippen LogP contribution in [-0.4, -0.2) is 18.4 Å². The lowest BCUT2D eigenvalue weighted by atomic mass is 10.2. The van der Waals surface area contributed by atoms with Crippen LogP contribution >= 0.6 is 0 Å². The molecule has 0 spiro atoms. The first-order valence-electron chi connectivity index (χ1n) is 8.65. The van der Waals surface area contributed by atoms with Crippen LogP contribution in [-0.2, 0) is 4.79 Å². The zero-order valence-electron chi connectivity index (χ0n) is 14.7. The summed E-state index contributed by atoms with van der Waals surface area (Å²) in [5.41, 5.74) is 1.89. The zero-order valence-corrected chi connectivity index (χ0v) is 14.7. The third-order valence-electron chi connectivity index (χ3n) is 3.80. The van der Waals surface area contributed by atoms with Crippen LogP contribution in [0.15, 0.2) is 84.9 Å². The van der Waals surface area contributed by atoms with Crippen molar-refractivity contribution in [1.29, 1.82) is 0 Å². The molecule has 2 amide bonds. The van der Waals surface area contributed by atoms with E-state index in [1.807, 2.05) is 60.7 Å². The van der Waals surface area contributed by atoms with E-state index in [9.17, 15) is 9.59 Å². The number of carbonyl (C=O) groups excluding carboxylic acids is 2. The third-order valence-corrected chi connectivity index (χ3v) is 3.80. The average Bonchev–Trinajstić information content (AvgIpc) is 2.70. The molecule has 0 aromatic heterocycles. The van der Waals surface area contributed by atoms with Gasteiger partial charge in [0.25, 0.3) is 5.91 Å². The molecule has 0 aliphatic carbocycles. The lowest BCUT2D eigenvalue weighted by Crippen LogP contribution is -2.15. The highest BCUT2D eigenvalue weighted by Crippen LogP contribution is 2.13. The predicted octanol–water partition coefficient (Wildman–Crippen LogP) is 4.35. The Bertz CT molecular complexity index is 878. The van der Waals surface area contributed by atoms with E-state index in [1.54, 1.807) is 24.3 Å². The van der Waals surface area contributed by atoms with E-state index in [0.717, 1.165) is 11.4 Å². The molecule has 5 nitrogen and oxygen atoms in total. The van der Waals surface area contributed by atoms with E-state index in [4.69, 9.17) is 4.74 Å². The maximum Gasteiger partial charge on any atom is 0.255 e. The van der Waals surface area contributed by atoms with Crippen molar-refractivity contribution in [3.8, 4) is 5.75 Å². The molecule has 0 atom stereocenters. The second-order valence-corrected chi connectivity index (χ2v) is 5.86.